The van der Waals surface area contributed by atoms with Gasteiger partial charge in [0, 0.05) is 43.3 Å². The molecule has 36 heavy (non-hydrogen) atoms. The molecule has 10 heteroatoms. The average molecular weight is 520 g/mol. The summed E-state index contributed by atoms with van der Waals surface area (Å²) >= 11 is 0. The molecule has 2 aromatic carbocycles. The van der Waals surface area contributed by atoms with E-state index in [-0.39, 0.29) is 29.9 Å². The second-order valence-corrected chi connectivity index (χ2v) is 10.3. The molecule has 7 nitrogen and oxygen atoms in total. The molecule has 1 aliphatic rings. The molecule has 0 spiro atoms. The molecule has 2 aromatic rings. The van der Waals surface area contributed by atoms with Crippen LogP contribution in [0.2, 0.25) is 0 Å². The van der Waals surface area contributed by atoms with E-state index >= 15 is 0 Å². The van der Waals surface area contributed by atoms with Gasteiger partial charge < -0.3 is 15.1 Å². The van der Waals surface area contributed by atoms with Crippen molar-refractivity contribution in [2.24, 2.45) is 0 Å². The van der Waals surface area contributed by atoms with Crippen LogP contribution in [-0.2, 0) is 17.2 Å². The molecular formula is C26H35F2N5O2S. The first-order valence-corrected chi connectivity index (χ1v) is 13.6. The minimum atomic E-state index is -2.62. The van der Waals surface area contributed by atoms with Gasteiger partial charge in [0.05, 0.1) is 23.6 Å². The van der Waals surface area contributed by atoms with Crippen LogP contribution in [0.1, 0.15) is 55.4 Å². The molecule has 3 rings (SSSR count). The van der Waals surface area contributed by atoms with Crippen molar-refractivity contribution in [3.8, 4) is 0 Å². The van der Waals surface area contributed by atoms with Crippen molar-refractivity contribution in [1.82, 2.24) is 10.2 Å². The molecule has 0 bridgehead atoms. The molecule has 0 amide bonds. The third-order valence-electron chi connectivity index (χ3n) is 6.94. The van der Waals surface area contributed by atoms with Crippen molar-refractivity contribution in [3.05, 3.63) is 65.2 Å². The van der Waals surface area contributed by atoms with Gasteiger partial charge in [0.2, 0.25) is 0 Å². The summed E-state index contributed by atoms with van der Waals surface area (Å²) in [5.74, 6) is -0.968. The summed E-state index contributed by atoms with van der Waals surface area (Å²) in [5.41, 5.74) is 1.22. The Morgan fingerprint density at radius 2 is 1.75 bits per heavy atom. The van der Waals surface area contributed by atoms with E-state index < -0.39 is 27.6 Å². The summed E-state index contributed by atoms with van der Waals surface area (Å²) in [6.07, 6.45) is 5.30. The third-order valence-corrected chi connectivity index (χ3v) is 8.01. The zero-order chi connectivity index (χ0) is 26.1. The molecule has 196 valence electrons. The number of piperidine rings is 1. The number of thiol groups is 1. The van der Waals surface area contributed by atoms with E-state index in [9.17, 15) is 17.2 Å². The monoisotopic (exact) mass is 519 g/mol. The molecule has 3 N–H and O–H groups in total. The molecule has 1 fully saturated rings. The van der Waals surface area contributed by atoms with E-state index in [1.807, 2.05) is 37.3 Å². The highest BCUT2D eigenvalue weighted by molar-refractivity contribution is 7.72. The van der Waals surface area contributed by atoms with Gasteiger partial charge in [0.15, 0.2) is 0 Å². The van der Waals surface area contributed by atoms with Crippen LogP contribution in [0.25, 0.3) is 0 Å². The number of anilines is 1. The average Bonchev–Trinajstić information content (AvgIpc) is 2.89. The van der Waals surface area contributed by atoms with Gasteiger partial charge >= 0.3 is 0 Å². The van der Waals surface area contributed by atoms with Crippen LogP contribution in [0.15, 0.2) is 42.5 Å². The molecule has 2 atom stereocenters. The summed E-state index contributed by atoms with van der Waals surface area (Å²) in [4.78, 5) is 3.32. The Balaban J connectivity index is 1.59. The molecule has 0 saturated carbocycles. The molecule has 1 saturated heterocycles. The minimum Gasteiger partial charge on any atom is -0.369 e. The lowest BCUT2D eigenvalue weighted by molar-refractivity contribution is 0.363. The fourth-order valence-electron chi connectivity index (χ4n) is 4.74. The van der Waals surface area contributed by atoms with Gasteiger partial charge in [0.25, 0.3) is 0 Å². The highest BCUT2D eigenvalue weighted by atomic mass is 32.2. The SMILES string of the molecule is CC[C@@H](CC[C@H](c1ccccc1)[SH](=O)=O)NCc1cc(F)c(N2CCC(N(C=N)C=N)CC2)cc1F. The Hall–Kier alpha value is -2.85. The molecule has 0 radical (unpaired) electrons. The fraction of sp³-hybridized carbons (Fsp3) is 0.462. The van der Waals surface area contributed by atoms with Gasteiger partial charge in [-0.15, -0.1) is 0 Å². The van der Waals surface area contributed by atoms with Gasteiger partial charge in [-0.1, -0.05) is 37.3 Å². The Morgan fingerprint density at radius 1 is 1.08 bits per heavy atom. The molecule has 1 heterocycles. The van der Waals surface area contributed by atoms with Crippen LogP contribution in [0, 0.1) is 22.5 Å². The smallest absolute Gasteiger partial charge is 0.147 e. The standard InChI is InChI=1S/C26H35F2N5O2S/c1-2-21(8-9-26(36(34)35)19-6-4-3-5-7-19)31-16-20-14-24(28)25(15-23(20)27)32-12-10-22(11-13-32)33(17-29)18-30/h3-7,14-15,17-18,21-22,26,29-31,36H,2,8-13,16H2,1H3/t21-,26+/m0/s1. The number of benzene rings is 2. The van der Waals surface area contributed by atoms with Crippen LogP contribution >= 0.6 is 0 Å². The van der Waals surface area contributed by atoms with Crippen LogP contribution in [0.5, 0.6) is 0 Å². The quantitative estimate of drug-likeness (QED) is 0.178. The molecular weight excluding hydrogens is 484 g/mol. The van der Waals surface area contributed by atoms with Crippen molar-refractivity contribution in [2.45, 2.75) is 62.9 Å². The van der Waals surface area contributed by atoms with Crippen molar-refractivity contribution >= 4 is 29.1 Å². The van der Waals surface area contributed by atoms with Crippen molar-refractivity contribution in [3.63, 3.8) is 0 Å². The van der Waals surface area contributed by atoms with E-state index in [2.05, 4.69) is 5.32 Å². The van der Waals surface area contributed by atoms with E-state index in [0.717, 1.165) is 24.7 Å². The Morgan fingerprint density at radius 3 is 2.33 bits per heavy atom. The molecule has 1 aliphatic heterocycles. The van der Waals surface area contributed by atoms with Gasteiger partial charge in [-0.05, 0) is 43.7 Å². The first-order valence-electron chi connectivity index (χ1n) is 12.3. The number of nitrogens with zero attached hydrogens (tertiary/aromatic N) is 2. The lowest BCUT2D eigenvalue weighted by Gasteiger charge is -2.37. The van der Waals surface area contributed by atoms with Gasteiger partial charge in [-0.3, -0.25) is 10.8 Å². The Bertz CT molecular complexity index is 1080. The van der Waals surface area contributed by atoms with Crippen LogP contribution < -0.4 is 10.2 Å². The second kappa shape index (κ2) is 13.5. The Kier molecular flexibility index (Phi) is 10.4. The van der Waals surface area contributed by atoms with E-state index in [1.165, 1.54) is 17.0 Å². The Labute approximate surface area is 213 Å². The van der Waals surface area contributed by atoms with E-state index in [1.54, 1.807) is 4.90 Å². The van der Waals surface area contributed by atoms with Crippen molar-refractivity contribution in [2.75, 3.05) is 18.0 Å². The third kappa shape index (κ3) is 7.10. The maximum Gasteiger partial charge on any atom is 0.147 e. The first kappa shape index (κ1) is 27.7. The van der Waals surface area contributed by atoms with Gasteiger partial charge in [-0.25, -0.2) is 17.2 Å². The van der Waals surface area contributed by atoms with E-state index in [0.29, 0.717) is 38.8 Å². The van der Waals surface area contributed by atoms with Crippen LogP contribution in [0.4, 0.5) is 14.5 Å². The fourth-order valence-corrected chi connectivity index (χ4v) is 5.52. The van der Waals surface area contributed by atoms with Crippen molar-refractivity contribution < 1.29 is 17.2 Å². The molecule has 0 unspecified atom stereocenters. The summed E-state index contributed by atoms with van der Waals surface area (Å²) in [6, 6.07) is 11.6. The zero-order valence-corrected chi connectivity index (χ0v) is 21.4. The number of hydrogen-bond donors (Lipinski definition) is 4. The van der Waals surface area contributed by atoms with E-state index in [4.69, 9.17) is 10.8 Å². The topological polar surface area (TPSA) is 100 Å². The van der Waals surface area contributed by atoms with Crippen LogP contribution in [0.3, 0.4) is 0 Å². The summed E-state index contributed by atoms with van der Waals surface area (Å²) in [5, 5.41) is 17.5. The predicted molar refractivity (Wildman–Crippen MR) is 141 cm³/mol. The summed E-state index contributed by atoms with van der Waals surface area (Å²) < 4.78 is 53.5. The first-order chi connectivity index (χ1) is 17.4. The van der Waals surface area contributed by atoms with Gasteiger partial charge in [0.1, 0.15) is 22.3 Å². The van der Waals surface area contributed by atoms with Crippen LogP contribution in [-0.4, -0.2) is 51.2 Å². The molecule has 0 aromatic heterocycles. The zero-order valence-electron chi connectivity index (χ0n) is 20.5. The largest absolute Gasteiger partial charge is 0.369 e. The maximum absolute atomic E-state index is 15.0. The number of rotatable bonds is 13. The number of hydrogen-bond acceptors (Lipinski definition) is 6. The lowest BCUT2D eigenvalue weighted by atomic mass is 10.0. The number of halogens is 2. The summed E-state index contributed by atoms with van der Waals surface area (Å²) in [6.45, 7) is 3.16. The number of nitrogens with one attached hydrogen (secondary N) is 3. The highest BCUT2D eigenvalue weighted by Gasteiger charge is 2.25. The van der Waals surface area contributed by atoms with Gasteiger partial charge in [-0.2, -0.15) is 0 Å². The normalized spacial score (nSPS) is 16.1. The van der Waals surface area contributed by atoms with Crippen molar-refractivity contribution in [1.29, 1.82) is 10.8 Å². The predicted octanol–water partition coefficient (Wildman–Crippen LogP) is 4.45. The highest BCUT2D eigenvalue weighted by Crippen LogP contribution is 2.28. The lowest BCUT2D eigenvalue weighted by Crippen LogP contribution is -2.44. The second-order valence-electron chi connectivity index (χ2n) is 9.09. The molecule has 0 aliphatic carbocycles. The maximum atomic E-state index is 15.0. The summed E-state index contributed by atoms with van der Waals surface area (Å²) in [7, 11) is -2.62. The minimum absolute atomic E-state index is 0.0137.